The number of ether oxygens (including phenoxy) is 1. The molecule has 2 aliphatic rings. The molecule has 0 aliphatic heterocycles. The number of carboxylic acids is 1. The molecule has 2 aliphatic carbocycles. The van der Waals surface area contributed by atoms with Crippen molar-refractivity contribution in [3.05, 3.63) is 0 Å². The normalized spacial score (nSPS) is 33.6. The minimum Gasteiger partial charge on any atom is -0.480 e. The molecular formula is C13H23NO3. The van der Waals surface area contributed by atoms with Crippen molar-refractivity contribution in [2.75, 3.05) is 13.7 Å². The smallest absolute Gasteiger partial charge is 0.324 e. The lowest BCUT2D eigenvalue weighted by atomic mass is 9.85. The van der Waals surface area contributed by atoms with Gasteiger partial charge in [0.25, 0.3) is 0 Å². The molecule has 0 aromatic carbocycles. The second-order valence-corrected chi connectivity index (χ2v) is 5.33. The zero-order chi connectivity index (χ0) is 12.3. The van der Waals surface area contributed by atoms with Crippen molar-refractivity contribution in [3.8, 4) is 0 Å². The van der Waals surface area contributed by atoms with Crippen LogP contribution in [0.1, 0.15) is 44.9 Å². The van der Waals surface area contributed by atoms with Gasteiger partial charge in [0.05, 0.1) is 6.10 Å². The zero-order valence-corrected chi connectivity index (χ0v) is 10.6. The lowest BCUT2D eigenvalue weighted by molar-refractivity contribution is -0.146. The largest absolute Gasteiger partial charge is 0.480 e. The first kappa shape index (κ1) is 12.8. The van der Waals surface area contributed by atoms with Crippen LogP contribution >= 0.6 is 0 Å². The number of rotatable bonds is 6. The predicted molar refractivity (Wildman–Crippen MR) is 65.0 cm³/mol. The van der Waals surface area contributed by atoms with Crippen molar-refractivity contribution in [2.45, 2.75) is 56.6 Å². The molecule has 0 bridgehead atoms. The molecule has 0 heterocycles. The van der Waals surface area contributed by atoms with Gasteiger partial charge in [0.1, 0.15) is 5.54 Å². The van der Waals surface area contributed by atoms with E-state index >= 15 is 0 Å². The van der Waals surface area contributed by atoms with E-state index in [4.69, 9.17) is 4.74 Å². The van der Waals surface area contributed by atoms with Crippen LogP contribution in [-0.2, 0) is 9.53 Å². The third kappa shape index (κ3) is 2.47. The van der Waals surface area contributed by atoms with Crippen molar-refractivity contribution in [1.29, 1.82) is 0 Å². The van der Waals surface area contributed by atoms with Gasteiger partial charge in [-0.3, -0.25) is 4.79 Å². The maximum atomic E-state index is 11.4. The first-order valence-electron chi connectivity index (χ1n) is 6.73. The Bertz CT molecular complexity index is 278. The lowest BCUT2D eigenvalue weighted by Crippen LogP contribution is -2.53. The number of hydrogen-bond donors (Lipinski definition) is 2. The van der Waals surface area contributed by atoms with E-state index in [0.29, 0.717) is 12.7 Å². The van der Waals surface area contributed by atoms with Gasteiger partial charge in [0.15, 0.2) is 0 Å². The molecular weight excluding hydrogens is 218 g/mol. The molecule has 2 atom stereocenters. The fourth-order valence-electron chi connectivity index (χ4n) is 3.10. The molecule has 2 fully saturated rings. The Morgan fingerprint density at radius 1 is 1.41 bits per heavy atom. The summed E-state index contributed by atoms with van der Waals surface area (Å²) in [4.78, 5) is 11.4. The Hall–Kier alpha value is -0.610. The third-order valence-electron chi connectivity index (χ3n) is 4.52. The van der Waals surface area contributed by atoms with Gasteiger partial charge in [0.2, 0.25) is 0 Å². The summed E-state index contributed by atoms with van der Waals surface area (Å²) in [5, 5.41) is 12.4. The van der Waals surface area contributed by atoms with Gasteiger partial charge in [-0.1, -0.05) is 6.42 Å². The Morgan fingerprint density at radius 3 is 2.71 bits per heavy atom. The van der Waals surface area contributed by atoms with Crippen LogP contribution in [0.4, 0.5) is 0 Å². The molecule has 2 unspecified atom stereocenters. The molecule has 2 saturated carbocycles. The highest BCUT2D eigenvalue weighted by atomic mass is 16.5. The van der Waals surface area contributed by atoms with Crippen LogP contribution in [0.3, 0.4) is 0 Å². The van der Waals surface area contributed by atoms with Crippen molar-refractivity contribution >= 4 is 5.97 Å². The highest BCUT2D eigenvalue weighted by Crippen LogP contribution is 2.38. The van der Waals surface area contributed by atoms with E-state index in [0.717, 1.165) is 25.7 Å². The molecule has 0 radical (unpaired) electrons. The van der Waals surface area contributed by atoms with Crippen LogP contribution < -0.4 is 5.32 Å². The summed E-state index contributed by atoms with van der Waals surface area (Å²) in [6.45, 7) is 0.714. The predicted octanol–water partition coefficient (Wildman–Crippen LogP) is 1.79. The number of likely N-dealkylation sites (N-methyl/N-ethyl adjacent to an activating group) is 1. The molecule has 0 aromatic heterocycles. The van der Waals surface area contributed by atoms with Crippen LogP contribution in [0.15, 0.2) is 0 Å². The van der Waals surface area contributed by atoms with E-state index < -0.39 is 11.5 Å². The van der Waals surface area contributed by atoms with Gasteiger partial charge >= 0.3 is 5.97 Å². The topological polar surface area (TPSA) is 58.6 Å². The van der Waals surface area contributed by atoms with E-state index in [1.807, 2.05) is 0 Å². The molecule has 98 valence electrons. The molecule has 2 rings (SSSR count). The van der Waals surface area contributed by atoms with E-state index in [2.05, 4.69) is 5.32 Å². The van der Waals surface area contributed by atoms with E-state index in [9.17, 15) is 9.90 Å². The Morgan fingerprint density at radius 2 is 2.18 bits per heavy atom. The van der Waals surface area contributed by atoms with Crippen LogP contribution in [0.5, 0.6) is 0 Å². The molecule has 0 spiro atoms. The monoisotopic (exact) mass is 241 g/mol. The SMILES string of the molecule is CNC1(C(=O)O)CCCC1CCOC1CCC1. The molecule has 2 N–H and O–H groups in total. The van der Waals surface area contributed by atoms with Crippen molar-refractivity contribution in [3.63, 3.8) is 0 Å². The minimum atomic E-state index is -0.705. The molecule has 0 aromatic rings. The molecule has 0 saturated heterocycles. The van der Waals surface area contributed by atoms with Crippen molar-refractivity contribution in [2.24, 2.45) is 5.92 Å². The molecule has 4 heteroatoms. The second-order valence-electron chi connectivity index (χ2n) is 5.33. The summed E-state index contributed by atoms with van der Waals surface area (Å²) in [6.07, 6.45) is 7.70. The number of nitrogens with one attached hydrogen (secondary N) is 1. The summed E-state index contributed by atoms with van der Waals surface area (Å²) >= 11 is 0. The highest BCUT2D eigenvalue weighted by Gasteiger charge is 2.47. The third-order valence-corrected chi connectivity index (χ3v) is 4.52. The summed E-state index contributed by atoms with van der Waals surface area (Å²) in [7, 11) is 1.76. The van der Waals surface area contributed by atoms with Gasteiger partial charge in [-0.2, -0.15) is 0 Å². The average molecular weight is 241 g/mol. The number of carboxylic acid groups (broad SMARTS) is 1. The number of aliphatic carboxylic acids is 1. The second kappa shape index (κ2) is 5.36. The molecule has 4 nitrogen and oxygen atoms in total. The van der Waals surface area contributed by atoms with Crippen molar-refractivity contribution < 1.29 is 14.6 Å². The summed E-state index contributed by atoms with van der Waals surface area (Å²) in [6, 6.07) is 0. The van der Waals surface area contributed by atoms with Crippen LogP contribution in [0, 0.1) is 5.92 Å². The average Bonchev–Trinajstić information content (AvgIpc) is 2.66. The Kier molecular flexibility index (Phi) is 4.05. The first-order chi connectivity index (χ1) is 8.19. The van der Waals surface area contributed by atoms with Crippen LogP contribution in [-0.4, -0.2) is 36.4 Å². The number of carbonyl (C=O) groups is 1. The van der Waals surface area contributed by atoms with Gasteiger partial charge in [-0.05, 0) is 51.5 Å². The van der Waals surface area contributed by atoms with Gasteiger partial charge in [-0.15, -0.1) is 0 Å². The first-order valence-corrected chi connectivity index (χ1v) is 6.73. The molecule has 0 amide bonds. The highest BCUT2D eigenvalue weighted by molar-refractivity contribution is 5.79. The van der Waals surface area contributed by atoms with Gasteiger partial charge in [0, 0.05) is 6.61 Å². The maximum Gasteiger partial charge on any atom is 0.324 e. The van der Waals surface area contributed by atoms with E-state index in [1.165, 1.54) is 19.3 Å². The molecule has 17 heavy (non-hydrogen) atoms. The van der Waals surface area contributed by atoms with E-state index in [1.54, 1.807) is 7.05 Å². The quantitative estimate of drug-likeness (QED) is 0.744. The summed E-state index contributed by atoms with van der Waals surface area (Å²) in [5.74, 6) is -0.490. The fourth-order valence-corrected chi connectivity index (χ4v) is 3.10. The number of hydrogen-bond acceptors (Lipinski definition) is 3. The fraction of sp³-hybridized carbons (Fsp3) is 0.923. The standard InChI is InChI=1S/C13H23NO3/c1-14-13(12(15)16)8-3-4-10(13)7-9-17-11-5-2-6-11/h10-11,14H,2-9H2,1H3,(H,15,16). The van der Waals surface area contributed by atoms with Crippen LogP contribution in [0.25, 0.3) is 0 Å². The summed E-state index contributed by atoms with van der Waals surface area (Å²) in [5.41, 5.74) is -0.705. The van der Waals surface area contributed by atoms with Crippen LogP contribution in [0.2, 0.25) is 0 Å². The minimum absolute atomic E-state index is 0.213. The Balaban J connectivity index is 1.83. The van der Waals surface area contributed by atoms with Gasteiger partial charge < -0.3 is 15.2 Å². The maximum absolute atomic E-state index is 11.4. The van der Waals surface area contributed by atoms with E-state index in [-0.39, 0.29) is 5.92 Å². The lowest BCUT2D eigenvalue weighted by Gasteiger charge is -2.32. The Labute approximate surface area is 103 Å². The zero-order valence-electron chi connectivity index (χ0n) is 10.6. The van der Waals surface area contributed by atoms with Crippen molar-refractivity contribution in [1.82, 2.24) is 5.32 Å². The van der Waals surface area contributed by atoms with Gasteiger partial charge in [-0.25, -0.2) is 0 Å². The summed E-state index contributed by atoms with van der Waals surface area (Å²) < 4.78 is 5.74.